The molecule has 3 aromatic carbocycles. The summed E-state index contributed by atoms with van der Waals surface area (Å²) < 4.78 is 5.08. The molecule has 0 aliphatic carbocycles. The van der Waals surface area contributed by atoms with Gasteiger partial charge in [-0.15, -0.1) is 11.3 Å². The summed E-state index contributed by atoms with van der Waals surface area (Å²) in [6, 6.07) is 18.3. The van der Waals surface area contributed by atoms with Gasteiger partial charge in [0, 0.05) is 49.0 Å². The molecule has 2 aromatic heterocycles. The Morgan fingerprint density at radius 2 is 1.30 bits per heavy atom. The van der Waals surface area contributed by atoms with Crippen LogP contribution >= 0.6 is 11.3 Å². The van der Waals surface area contributed by atoms with E-state index >= 15 is 0 Å². The molecule has 0 radical (unpaired) electrons. The Morgan fingerprint density at radius 3 is 2.13 bits per heavy atom. The summed E-state index contributed by atoms with van der Waals surface area (Å²) in [4.78, 5) is 0. The number of rotatable bonds is 0. The van der Waals surface area contributed by atoms with E-state index in [1.54, 1.807) is 0 Å². The van der Waals surface area contributed by atoms with Gasteiger partial charge in [0.1, 0.15) is 0 Å². The van der Waals surface area contributed by atoms with Gasteiger partial charge in [0.25, 0.3) is 0 Å². The van der Waals surface area contributed by atoms with E-state index in [-0.39, 0.29) is 0 Å². The Labute approximate surface area is 138 Å². The lowest BCUT2D eigenvalue weighted by Crippen LogP contribution is -1.86. The van der Waals surface area contributed by atoms with Crippen molar-refractivity contribution >= 4 is 53.3 Å². The zero-order chi connectivity index (χ0) is 15.7. The summed E-state index contributed by atoms with van der Waals surface area (Å²) in [5.41, 5.74) is 5.27. The molecule has 0 atom stereocenters. The molecule has 0 unspecified atom stereocenters. The van der Waals surface area contributed by atoms with Crippen LogP contribution in [0.5, 0.6) is 0 Å². The molecule has 0 bridgehead atoms. The summed E-state index contributed by atoms with van der Waals surface area (Å²) in [6.45, 7) is 4.33. The average molecular weight is 315 g/mol. The Bertz CT molecular complexity index is 1240. The molecule has 112 valence electrons. The lowest BCUT2D eigenvalue weighted by Gasteiger charge is -1.99. The largest absolute Gasteiger partial charge is 0.344 e. The first-order chi connectivity index (χ1) is 11.1. The number of hydrogen-bond acceptors (Lipinski definition) is 1. The topological polar surface area (TPSA) is 4.93 Å². The SMILES string of the molecule is Cc1ccc2sc3cc4c5cc(C)ccc5n(C)c4cc3c2c1. The first-order valence-electron chi connectivity index (χ1n) is 7.93. The maximum atomic E-state index is 2.38. The Morgan fingerprint density at radius 1 is 0.652 bits per heavy atom. The van der Waals surface area contributed by atoms with Crippen LogP contribution in [0.2, 0.25) is 0 Å². The highest BCUT2D eigenvalue weighted by Gasteiger charge is 2.12. The number of aromatic nitrogens is 1. The van der Waals surface area contributed by atoms with Crippen molar-refractivity contribution in [2.45, 2.75) is 13.8 Å². The molecule has 0 fully saturated rings. The monoisotopic (exact) mass is 315 g/mol. The van der Waals surface area contributed by atoms with Crippen LogP contribution in [0.1, 0.15) is 11.1 Å². The van der Waals surface area contributed by atoms with Gasteiger partial charge in [-0.05, 0) is 50.2 Å². The van der Waals surface area contributed by atoms with Gasteiger partial charge in [0.15, 0.2) is 0 Å². The van der Waals surface area contributed by atoms with Crippen LogP contribution in [0, 0.1) is 13.8 Å². The third-order valence-electron chi connectivity index (χ3n) is 4.91. The second-order valence-corrected chi connectivity index (χ2v) is 7.63. The number of fused-ring (bicyclic) bond motifs is 6. The predicted octanol–water partition coefficient (Wildman–Crippen LogP) is 6.32. The highest BCUT2D eigenvalue weighted by Crippen LogP contribution is 2.39. The third kappa shape index (κ3) is 1.73. The van der Waals surface area contributed by atoms with E-state index in [2.05, 4.69) is 74.0 Å². The standard InChI is InChI=1S/C21H17NS/c1-12-4-6-18-14(8-12)15-11-21-17(10-19(15)22(18)3)16-9-13(2)5-7-20(16)23-21/h4-11H,1-3H3. The van der Waals surface area contributed by atoms with Gasteiger partial charge in [-0.3, -0.25) is 0 Å². The number of hydrogen-bond donors (Lipinski definition) is 0. The maximum absolute atomic E-state index is 2.38. The van der Waals surface area contributed by atoms with Crippen LogP contribution in [0.3, 0.4) is 0 Å². The molecule has 0 aliphatic rings. The van der Waals surface area contributed by atoms with E-state index < -0.39 is 0 Å². The molecule has 5 rings (SSSR count). The molecule has 23 heavy (non-hydrogen) atoms. The fourth-order valence-electron chi connectivity index (χ4n) is 3.71. The van der Waals surface area contributed by atoms with Gasteiger partial charge in [-0.25, -0.2) is 0 Å². The fraction of sp³-hybridized carbons (Fsp3) is 0.143. The Hall–Kier alpha value is -2.32. The van der Waals surface area contributed by atoms with Crippen LogP contribution in [0.4, 0.5) is 0 Å². The summed E-state index contributed by atoms with van der Waals surface area (Å²) in [6.07, 6.45) is 0. The van der Waals surface area contributed by atoms with Gasteiger partial charge < -0.3 is 4.57 Å². The minimum absolute atomic E-state index is 1.31. The molecule has 2 heterocycles. The van der Waals surface area contributed by atoms with Gasteiger partial charge in [-0.2, -0.15) is 0 Å². The van der Waals surface area contributed by atoms with E-state index in [1.165, 1.54) is 53.1 Å². The predicted molar refractivity (Wildman–Crippen MR) is 103 cm³/mol. The lowest BCUT2D eigenvalue weighted by atomic mass is 10.1. The molecule has 0 saturated carbocycles. The van der Waals surface area contributed by atoms with Crippen molar-refractivity contribution in [3.05, 3.63) is 59.7 Å². The summed E-state index contributed by atoms with van der Waals surface area (Å²) in [5.74, 6) is 0. The summed E-state index contributed by atoms with van der Waals surface area (Å²) >= 11 is 1.90. The molecular formula is C21H17NS. The normalized spacial score (nSPS) is 12.1. The minimum Gasteiger partial charge on any atom is -0.344 e. The van der Waals surface area contributed by atoms with Crippen LogP contribution in [-0.4, -0.2) is 4.57 Å². The van der Waals surface area contributed by atoms with Crippen LogP contribution < -0.4 is 0 Å². The molecule has 5 aromatic rings. The van der Waals surface area contributed by atoms with Crippen LogP contribution in [0.15, 0.2) is 48.5 Å². The van der Waals surface area contributed by atoms with Crippen molar-refractivity contribution in [1.29, 1.82) is 0 Å². The van der Waals surface area contributed by atoms with E-state index in [0.717, 1.165) is 0 Å². The van der Waals surface area contributed by atoms with E-state index in [4.69, 9.17) is 0 Å². The molecule has 2 heteroatoms. The first kappa shape index (κ1) is 13.1. The highest BCUT2D eigenvalue weighted by molar-refractivity contribution is 7.25. The van der Waals surface area contributed by atoms with Crippen molar-refractivity contribution < 1.29 is 0 Å². The fourth-order valence-corrected chi connectivity index (χ4v) is 4.81. The van der Waals surface area contributed by atoms with Gasteiger partial charge in [0.05, 0.1) is 0 Å². The zero-order valence-corrected chi connectivity index (χ0v) is 14.3. The minimum atomic E-state index is 1.31. The lowest BCUT2D eigenvalue weighted by molar-refractivity contribution is 1.01. The molecule has 0 aliphatic heterocycles. The Balaban J connectivity index is 2.03. The van der Waals surface area contributed by atoms with Crippen molar-refractivity contribution in [2.75, 3.05) is 0 Å². The first-order valence-corrected chi connectivity index (χ1v) is 8.75. The maximum Gasteiger partial charge on any atom is 0.0495 e. The van der Waals surface area contributed by atoms with Crippen LogP contribution in [-0.2, 0) is 7.05 Å². The highest BCUT2D eigenvalue weighted by atomic mass is 32.1. The third-order valence-corrected chi connectivity index (χ3v) is 6.04. The molecule has 0 saturated heterocycles. The molecule has 0 amide bonds. The summed E-state index contributed by atoms with van der Waals surface area (Å²) in [7, 11) is 2.17. The second-order valence-electron chi connectivity index (χ2n) is 6.55. The summed E-state index contributed by atoms with van der Waals surface area (Å²) in [5, 5.41) is 5.48. The van der Waals surface area contributed by atoms with Crippen molar-refractivity contribution in [3.63, 3.8) is 0 Å². The van der Waals surface area contributed by atoms with Gasteiger partial charge >= 0.3 is 0 Å². The smallest absolute Gasteiger partial charge is 0.0495 e. The molecule has 0 N–H and O–H groups in total. The number of thiophene rings is 1. The number of nitrogens with zero attached hydrogens (tertiary/aromatic N) is 1. The van der Waals surface area contributed by atoms with E-state index in [9.17, 15) is 0 Å². The van der Waals surface area contributed by atoms with Gasteiger partial charge in [0.2, 0.25) is 0 Å². The van der Waals surface area contributed by atoms with Crippen molar-refractivity contribution in [1.82, 2.24) is 4.57 Å². The van der Waals surface area contributed by atoms with Gasteiger partial charge in [-0.1, -0.05) is 23.3 Å². The number of aryl methyl sites for hydroxylation is 3. The van der Waals surface area contributed by atoms with Crippen molar-refractivity contribution in [2.24, 2.45) is 7.05 Å². The van der Waals surface area contributed by atoms with E-state index in [1.807, 2.05) is 11.3 Å². The molecule has 0 spiro atoms. The van der Waals surface area contributed by atoms with Crippen LogP contribution in [0.25, 0.3) is 42.0 Å². The second kappa shape index (κ2) is 4.36. The Kier molecular flexibility index (Phi) is 2.49. The zero-order valence-electron chi connectivity index (χ0n) is 13.5. The molecule has 1 nitrogen and oxygen atoms in total. The molecular weight excluding hydrogens is 298 g/mol. The average Bonchev–Trinajstić information content (AvgIpc) is 3.02. The quantitative estimate of drug-likeness (QED) is 0.315. The van der Waals surface area contributed by atoms with Crippen molar-refractivity contribution in [3.8, 4) is 0 Å². The number of benzene rings is 3. The van der Waals surface area contributed by atoms with E-state index in [0.29, 0.717) is 0 Å².